The Morgan fingerprint density at radius 1 is 0.892 bits per heavy atom. The number of nitrogens with zero attached hydrogens (tertiary/aromatic N) is 1. The van der Waals surface area contributed by atoms with Crippen LogP contribution >= 0.6 is 0 Å². The molecular formula is C28H34N2O7. The lowest BCUT2D eigenvalue weighted by molar-refractivity contribution is -0.159. The predicted molar refractivity (Wildman–Crippen MR) is 140 cm³/mol. The Balaban J connectivity index is 0.000000568. The van der Waals surface area contributed by atoms with Crippen molar-refractivity contribution in [1.82, 2.24) is 10.2 Å². The Labute approximate surface area is 216 Å². The van der Waals surface area contributed by atoms with E-state index in [2.05, 4.69) is 34.5 Å². The molecule has 1 heterocycles. The van der Waals surface area contributed by atoms with Crippen molar-refractivity contribution in [3.63, 3.8) is 0 Å². The molecule has 0 aromatic heterocycles. The fourth-order valence-electron chi connectivity index (χ4n) is 4.23. The van der Waals surface area contributed by atoms with Gasteiger partial charge in [0.1, 0.15) is 24.2 Å². The molecule has 3 aromatic rings. The van der Waals surface area contributed by atoms with Crippen molar-refractivity contribution in [2.75, 3.05) is 39.9 Å². The predicted octanol–water partition coefficient (Wildman–Crippen LogP) is 3.17. The molecule has 1 aliphatic rings. The molecule has 9 nitrogen and oxygen atoms in total. The molecule has 9 heteroatoms. The quantitative estimate of drug-likeness (QED) is 0.304. The third-order valence-electron chi connectivity index (χ3n) is 6.15. The van der Waals surface area contributed by atoms with Crippen LogP contribution in [0.4, 0.5) is 0 Å². The van der Waals surface area contributed by atoms with Gasteiger partial charge in [0.2, 0.25) is 0 Å². The first kappa shape index (κ1) is 27.9. The fourth-order valence-corrected chi connectivity index (χ4v) is 4.23. The Morgan fingerprint density at radius 3 is 2.14 bits per heavy atom. The summed E-state index contributed by atoms with van der Waals surface area (Å²) >= 11 is 0. The number of likely N-dealkylation sites (tertiary alicyclic amines) is 1. The summed E-state index contributed by atoms with van der Waals surface area (Å²) in [7, 11) is 1.69. The monoisotopic (exact) mass is 510 g/mol. The van der Waals surface area contributed by atoms with E-state index in [-0.39, 0.29) is 6.61 Å². The van der Waals surface area contributed by atoms with E-state index in [4.69, 9.17) is 29.3 Å². The number of carbonyl (C=O) groups is 2. The molecule has 4 rings (SSSR count). The minimum absolute atomic E-state index is 0.266. The number of hydrogen-bond donors (Lipinski definition) is 4. The van der Waals surface area contributed by atoms with Gasteiger partial charge in [0, 0.05) is 19.1 Å². The summed E-state index contributed by atoms with van der Waals surface area (Å²) in [6, 6.07) is 22.8. The molecule has 1 fully saturated rings. The number of fused-ring (bicyclic) bond motifs is 1. The first-order chi connectivity index (χ1) is 17.9. The molecule has 0 radical (unpaired) electrons. The van der Waals surface area contributed by atoms with Crippen molar-refractivity contribution in [1.29, 1.82) is 0 Å². The van der Waals surface area contributed by atoms with E-state index in [0.717, 1.165) is 36.5 Å². The van der Waals surface area contributed by atoms with Crippen LogP contribution in [0.1, 0.15) is 24.4 Å². The SMILES string of the molecule is COc1ccc(C(CNCC(O)COc2ccc3ccccc3c2)N2CCCC2)cc1.O=C(O)C(=O)O. The number of ether oxygens (including phenoxy) is 2. The second-order valence-electron chi connectivity index (χ2n) is 8.77. The number of benzene rings is 3. The van der Waals surface area contributed by atoms with Gasteiger partial charge in [0.25, 0.3) is 0 Å². The second-order valence-corrected chi connectivity index (χ2v) is 8.77. The maximum atomic E-state index is 10.4. The number of carboxylic acids is 2. The molecule has 1 aliphatic heterocycles. The molecule has 0 saturated carbocycles. The molecule has 2 unspecified atom stereocenters. The minimum atomic E-state index is -1.82. The van der Waals surface area contributed by atoms with Crippen LogP contribution in [0.25, 0.3) is 10.8 Å². The first-order valence-electron chi connectivity index (χ1n) is 12.2. The van der Waals surface area contributed by atoms with Crippen LogP contribution in [0.5, 0.6) is 11.5 Å². The third kappa shape index (κ3) is 8.75. The van der Waals surface area contributed by atoms with Gasteiger partial charge in [-0.1, -0.05) is 42.5 Å². The van der Waals surface area contributed by atoms with E-state index in [9.17, 15) is 5.11 Å². The average Bonchev–Trinajstić information content (AvgIpc) is 3.45. The summed E-state index contributed by atoms with van der Waals surface area (Å²) in [5.41, 5.74) is 1.28. The molecule has 0 amide bonds. The maximum absolute atomic E-state index is 10.4. The Kier molecular flexibility index (Phi) is 10.7. The van der Waals surface area contributed by atoms with Crippen LogP contribution in [0.15, 0.2) is 66.7 Å². The van der Waals surface area contributed by atoms with Gasteiger partial charge in [-0.2, -0.15) is 0 Å². The molecular weight excluding hydrogens is 476 g/mol. The smallest absolute Gasteiger partial charge is 0.414 e. The van der Waals surface area contributed by atoms with E-state index in [1.807, 2.05) is 42.5 Å². The van der Waals surface area contributed by atoms with Crippen LogP contribution in [0.3, 0.4) is 0 Å². The summed E-state index contributed by atoms with van der Waals surface area (Å²) < 4.78 is 11.1. The van der Waals surface area contributed by atoms with Crippen LogP contribution in [-0.2, 0) is 9.59 Å². The van der Waals surface area contributed by atoms with Gasteiger partial charge in [0.15, 0.2) is 0 Å². The molecule has 0 spiro atoms. The number of carboxylic acid groups (broad SMARTS) is 2. The van der Waals surface area contributed by atoms with E-state index < -0.39 is 18.0 Å². The van der Waals surface area contributed by atoms with E-state index in [1.165, 1.54) is 23.8 Å². The van der Waals surface area contributed by atoms with Crippen LogP contribution in [0.2, 0.25) is 0 Å². The Bertz CT molecular complexity index is 1130. The highest BCUT2D eigenvalue weighted by Crippen LogP contribution is 2.26. The lowest BCUT2D eigenvalue weighted by Crippen LogP contribution is -2.38. The largest absolute Gasteiger partial charge is 0.497 e. The van der Waals surface area contributed by atoms with Crippen molar-refractivity contribution < 1.29 is 34.4 Å². The fraction of sp³-hybridized carbons (Fsp3) is 0.357. The minimum Gasteiger partial charge on any atom is -0.497 e. The zero-order valence-corrected chi connectivity index (χ0v) is 20.9. The highest BCUT2D eigenvalue weighted by molar-refractivity contribution is 6.27. The molecule has 0 aliphatic carbocycles. The van der Waals surface area contributed by atoms with Crippen molar-refractivity contribution >= 4 is 22.7 Å². The summed E-state index contributed by atoms with van der Waals surface area (Å²) in [6.45, 7) is 3.79. The number of aliphatic hydroxyl groups excluding tert-OH is 1. The summed E-state index contributed by atoms with van der Waals surface area (Å²) in [4.78, 5) is 20.7. The second kappa shape index (κ2) is 14.2. The lowest BCUT2D eigenvalue weighted by Gasteiger charge is -2.29. The van der Waals surface area contributed by atoms with Crippen LogP contribution < -0.4 is 14.8 Å². The number of nitrogens with one attached hydrogen (secondary N) is 1. The van der Waals surface area contributed by atoms with Gasteiger partial charge >= 0.3 is 11.9 Å². The third-order valence-corrected chi connectivity index (χ3v) is 6.15. The van der Waals surface area contributed by atoms with E-state index in [1.54, 1.807) is 7.11 Å². The van der Waals surface area contributed by atoms with Crippen molar-refractivity contribution in [2.45, 2.75) is 25.0 Å². The number of aliphatic carboxylic acids is 2. The number of hydrogen-bond acceptors (Lipinski definition) is 7. The standard InChI is InChI=1S/C26H32N2O3.C2H2O4/c1-30-24-11-9-21(10-12-24)26(28-14-4-5-15-28)18-27-17-23(29)19-31-25-13-8-20-6-2-3-7-22(20)16-25;3-1(4)2(5)6/h2-3,6-13,16,23,26-27,29H,4-5,14-15,17-19H2,1H3;(H,3,4)(H,5,6). The summed E-state index contributed by atoms with van der Waals surface area (Å²) in [5.74, 6) is -1.99. The highest BCUT2D eigenvalue weighted by Gasteiger charge is 2.23. The Hall–Kier alpha value is -3.66. The normalized spacial score (nSPS) is 14.9. The average molecular weight is 511 g/mol. The number of methoxy groups -OCH3 is 1. The van der Waals surface area contributed by atoms with Crippen molar-refractivity contribution in [2.24, 2.45) is 0 Å². The van der Waals surface area contributed by atoms with Crippen LogP contribution in [-0.4, -0.2) is 78.2 Å². The first-order valence-corrected chi connectivity index (χ1v) is 12.2. The topological polar surface area (TPSA) is 129 Å². The van der Waals surface area contributed by atoms with Crippen molar-refractivity contribution in [3.8, 4) is 11.5 Å². The van der Waals surface area contributed by atoms with Gasteiger partial charge in [-0.15, -0.1) is 0 Å². The Morgan fingerprint density at radius 2 is 1.51 bits per heavy atom. The number of aliphatic hydroxyl groups is 1. The zero-order chi connectivity index (χ0) is 26.6. The van der Waals surface area contributed by atoms with Crippen molar-refractivity contribution in [3.05, 3.63) is 72.3 Å². The molecule has 4 N–H and O–H groups in total. The van der Waals surface area contributed by atoms with E-state index >= 15 is 0 Å². The lowest BCUT2D eigenvalue weighted by atomic mass is 10.1. The highest BCUT2D eigenvalue weighted by atomic mass is 16.5. The van der Waals surface area contributed by atoms with Crippen LogP contribution in [0, 0.1) is 0 Å². The molecule has 1 saturated heterocycles. The molecule has 2 atom stereocenters. The summed E-state index contributed by atoms with van der Waals surface area (Å²) in [5, 5.41) is 31.0. The molecule has 0 bridgehead atoms. The van der Waals surface area contributed by atoms with E-state index in [0.29, 0.717) is 12.6 Å². The summed E-state index contributed by atoms with van der Waals surface area (Å²) in [6.07, 6.45) is 1.92. The molecule has 198 valence electrons. The maximum Gasteiger partial charge on any atom is 0.414 e. The zero-order valence-electron chi connectivity index (χ0n) is 20.9. The van der Waals surface area contributed by atoms with Gasteiger partial charge in [0.05, 0.1) is 7.11 Å². The molecule has 3 aromatic carbocycles. The van der Waals surface area contributed by atoms with Gasteiger partial charge in [-0.3, -0.25) is 4.90 Å². The molecule has 37 heavy (non-hydrogen) atoms. The van der Waals surface area contributed by atoms with Gasteiger partial charge in [-0.05, 0) is 66.5 Å². The van der Waals surface area contributed by atoms with Gasteiger partial charge < -0.3 is 30.1 Å². The number of rotatable bonds is 10. The van der Waals surface area contributed by atoms with Gasteiger partial charge in [-0.25, -0.2) is 9.59 Å².